The van der Waals surface area contributed by atoms with Crippen LogP contribution in [-0.4, -0.2) is 96.0 Å². The molecule has 5 N–H and O–H groups in total. The number of allylic oxidation sites excluding steroid dienone is 1. The van der Waals surface area contributed by atoms with Gasteiger partial charge >= 0.3 is 0 Å². The molecule has 2 fully saturated rings. The number of benzene rings is 1. The number of thioether (sulfide) groups is 1. The van der Waals surface area contributed by atoms with Gasteiger partial charge in [-0.25, -0.2) is 0 Å². The third-order valence-corrected chi connectivity index (χ3v) is 8.91. The van der Waals surface area contributed by atoms with E-state index in [1.165, 1.54) is 9.81 Å². The summed E-state index contributed by atoms with van der Waals surface area (Å²) in [5.74, 6) is -0.00407. The number of rotatable bonds is 8. The molecule has 4 rings (SSSR count). The van der Waals surface area contributed by atoms with Crippen LogP contribution in [0.5, 0.6) is 0 Å². The molecular weight excluding hydrogens is 528 g/mol. The van der Waals surface area contributed by atoms with Gasteiger partial charge in [0.05, 0.1) is 24.6 Å². The Morgan fingerprint density at radius 2 is 1.80 bits per heavy atom. The van der Waals surface area contributed by atoms with Crippen molar-refractivity contribution in [2.24, 2.45) is 5.41 Å². The summed E-state index contributed by atoms with van der Waals surface area (Å²) in [7, 11) is 0. The van der Waals surface area contributed by atoms with Gasteiger partial charge in [-0.3, -0.25) is 19.3 Å². The second-order valence-electron chi connectivity index (χ2n) is 12.1. The number of nitrogens with zero attached hydrogens (tertiary/aromatic N) is 2. The van der Waals surface area contributed by atoms with Gasteiger partial charge in [-0.1, -0.05) is 45.0 Å². The third kappa shape index (κ3) is 7.37. The molecule has 0 radical (unpaired) electrons. The van der Waals surface area contributed by atoms with Crippen LogP contribution in [0.3, 0.4) is 0 Å². The number of carbonyl (C=O) groups excluding carboxylic acids is 3. The SMILES string of the molecule is CC1=C(c2ccc([C@H](C)NC(=O)[C@@H]3C[C@@H](O)CN3C(=O)[C@@H](NC(=O)CN3CCNCC3)C(C)(C)C)cc2)SCN1. The van der Waals surface area contributed by atoms with Gasteiger partial charge in [-0.15, -0.1) is 11.8 Å². The Bertz CT molecular complexity index is 1110. The minimum Gasteiger partial charge on any atom is -0.391 e. The van der Waals surface area contributed by atoms with E-state index in [-0.39, 0.29) is 43.3 Å². The molecule has 0 unspecified atom stereocenters. The molecule has 3 heterocycles. The van der Waals surface area contributed by atoms with Crippen LogP contribution < -0.4 is 21.3 Å². The average molecular weight is 573 g/mol. The first-order chi connectivity index (χ1) is 18.9. The number of hydrogen-bond donors (Lipinski definition) is 5. The van der Waals surface area contributed by atoms with E-state index in [0.717, 1.165) is 48.9 Å². The number of amides is 3. The summed E-state index contributed by atoms with van der Waals surface area (Å²) in [5, 5.41) is 23.0. The average Bonchev–Trinajstić information content (AvgIpc) is 3.52. The molecule has 1 aromatic carbocycles. The van der Waals surface area contributed by atoms with Crippen molar-refractivity contribution in [3.8, 4) is 0 Å². The maximum atomic E-state index is 13.8. The highest BCUT2D eigenvalue weighted by Crippen LogP contribution is 2.34. The Morgan fingerprint density at radius 1 is 1.12 bits per heavy atom. The number of carbonyl (C=O) groups is 3. The first-order valence-corrected chi connectivity index (χ1v) is 15.1. The molecule has 0 bridgehead atoms. The predicted molar refractivity (Wildman–Crippen MR) is 158 cm³/mol. The zero-order valence-electron chi connectivity index (χ0n) is 24.3. The molecule has 3 aliphatic rings. The van der Waals surface area contributed by atoms with E-state index in [9.17, 15) is 19.5 Å². The zero-order chi connectivity index (χ0) is 29.0. The van der Waals surface area contributed by atoms with E-state index in [4.69, 9.17) is 0 Å². The van der Waals surface area contributed by atoms with Crippen molar-refractivity contribution in [1.29, 1.82) is 0 Å². The van der Waals surface area contributed by atoms with Crippen LogP contribution in [0.1, 0.15) is 58.2 Å². The van der Waals surface area contributed by atoms with Crippen LogP contribution in [0.4, 0.5) is 0 Å². The second-order valence-corrected chi connectivity index (χ2v) is 13.0. The van der Waals surface area contributed by atoms with E-state index >= 15 is 0 Å². The molecule has 40 heavy (non-hydrogen) atoms. The molecule has 0 saturated carbocycles. The van der Waals surface area contributed by atoms with Crippen molar-refractivity contribution >= 4 is 34.4 Å². The summed E-state index contributed by atoms with van der Waals surface area (Å²) in [4.78, 5) is 44.9. The van der Waals surface area contributed by atoms with Crippen molar-refractivity contribution in [3.05, 3.63) is 41.1 Å². The van der Waals surface area contributed by atoms with Gasteiger partial charge in [0.2, 0.25) is 17.7 Å². The topological polar surface area (TPSA) is 126 Å². The molecule has 2 saturated heterocycles. The van der Waals surface area contributed by atoms with Crippen LogP contribution in [-0.2, 0) is 14.4 Å². The number of aliphatic hydroxyl groups excluding tert-OH is 1. The molecule has 0 aromatic heterocycles. The third-order valence-electron chi connectivity index (χ3n) is 7.79. The number of hydrogen-bond acceptors (Lipinski definition) is 8. The standard InChI is InChI=1S/C29H44N6O4S/c1-18(20-6-8-21(9-7-20)25-19(2)31-17-40-25)32-27(38)23-14-22(36)15-35(23)28(39)26(29(3,4)5)33-24(37)16-34-12-10-30-11-13-34/h6-9,18,22-23,26,30-31,36H,10-17H2,1-5H3,(H,32,38)(H,33,37)/t18-,22+,23-,26+/m0/s1. The monoisotopic (exact) mass is 572 g/mol. The maximum Gasteiger partial charge on any atom is 0.246 e. The Labute approximate surface area is 241 Å². The molecule has 0 aliphatic carbocycles. The fraction of sp³-hybridized carbons (Fsp3) is 0.621. The van der Waals surface area contributed by atoms with Crippen molar-refractivity contribution in [1.82, 2.24) is 31.1 Å². The molecule has 220 valence electrons. The number of nitrogens with one attached hydrogen (secondary N) is 4. The number of piperazine rings is 1. The van der Waals surface area contributed by atoms with E-state index in [0.29, 0.717) is 0 Å². The highest BCUT2D eigenvalue weighted by molar-refractivity contribution is 8.08. The van der Waals surface area contributed by atoms with Gasteiger partial charge in [0, 0.05) is 49.7 Å². The van der Waals surface area contributed by atoms with Gasteiger partial charge in [-0.05, 0) is 30.4 Å². The summed E-state index contributed by atoms with van der Waals surface area (Å²) >= 11 is 1.77. The normalized spacial score (nSPS) is 23.5. The summed E-state index contributed by atoms with van der Waals surface area (Å²) < 4.78 is 0. The molecule has 10 nitrogen and oxygen atoms in total. The van der Waals surface area contributed by atoms with Crippen LogP contribution in [0.15, 0.2) is 30.0 Å². The lowest BCUT2D eigenvalue weighted by molar-refractivity contribution is -0.144. The fourth-order valence-corrected chi connectivity index (χ4v) is 6.44. The summed E-state index contributed by atoms with van der Waals surface area (Å²) in [6.45, 7) is 13.1. The number of aliphatic hydroxyl groups is 1. The smallest absolute Gasteiger partial charge is 0.246 e. The van der Waals surface area contributed by atoms with E-state index in [1.807, 2.05) is 39.8 Å². The van der Waals surface area contributed by atoms with E-state index in [1.54, 1.807) is 11.8 Å². The highest BCUT2D eigenvalue weighted by Gasteiger charge is 2.44. The zero-order valence-corrected chi connectivity index (χ0v) is 25.1. The van der Waals surface area contributed by atoms with Gasteiger partial charge < -0.3 is 31.3 Å². The van der Waals surface area contributed by atoms with E-state index in [2.05, 4.69) is 45.2 Å². The fourth-order valence-electron chi connectivity index (χ4n) is 5.42. The molecule has 3 aliphatic heterocycles. The molecule has 1 aromatic rings. The number of β-amino-alcohol motifs (C(OH)–C–C–N with tert-alkyl or cyclic N) is 1. The Hall–Kier alpha value is -2.60. The lowest BCUT2D eigenvalue weighted by atomic mass is 9.85. The van der Waals surface area contributed by atoms with Crippen molar-refractivity contribution in [2.45, 2.75) is 65.3 Å². The van der Waals surface area contributed by atoms with Crippen LogP contribution >= 0.6 is 11.8 Å². The lowest BCUT2D eigenvalue weighted by Crippen LogP contribution is -2.59. The van der Waals surface area contributed by atoms with Gasteiger partial charge in [-0.2, -0.15) is 0 Å². The molecule has 4 atom stereocenters. The number of likely N-dealkylation sites (tertiary alicyclic amines) is 1. The molecule has 0 spiro atoms. The largest absolute Gasteiger partial charge is 0.391 e. The molecular formula is C29H44N6O4S. The van der Waals surface area contributed by atoms with Gasteiger partial charge in [0.25, 0.3) is 0 Å². The first kappa shape index (κ1) is 30.4. The van der Waals surface area contributed by atoms with Crippen molar-refractivity contribution < 1.29 is 19.5 Å². The minimum absolute atomic E-state index is 0.0560. The van der Waals surface area contributed by atoms with Gasteiger partial charge in [0.15, 0.2) is 0 Å². The lowest BCUT2D eigenvalue weighted by Gasteiger charge is -2.36. The Balaban J connectivity index is 1.41. The summed E-state index contributed by atoms with van der Waals surface area (Å²) in [6, 6.07) is 6.22. The molecule has 3 amide bonds. The molecule has 11 heteroatoms. The van der Waals surface area contributed by atoms with Crippen LogP contribution in [0.2, 0.25) is 0 Å². The van der Waals surface area contributed by atoms with E-state index < -0.39 is 23.6 Å². The highest BCUT2D eigenvalue weighted by atomic mass is 32.2. The minimum atomic E-state index is -0.825. The summed E-state index contributed by atoms with van der Waals surface area (Å²) in [5.41, 5.74) is 2.67. The van der Waals surface area contributed by atoms with Crippen molar-refractivity contribution in [2.75, 3.05) is 45.1 Å². The van der Waals surface area contributed by atoms with Crippen LogP contribution in [0.25, 0.3) is 4.91 Å². The maximum absolute atomic E-state index is 13.8. The summed E-state index contributed by atoms with van der Waals surface area (Å²) in [6.07, 6.45) is -0.646. The quantitative estimate of drug-likeness (QED) is 0.315. The Morgan fingerprint density at radius 3 is 2.40 bits per heavy atom. The Kier molecular flexibility index (Phi) is 9.81. The van der Waals surface area contributed by atoms with Crippen molar-refractivity contribution in [3.63, 3.8) is 0 Å². The second kappa shape index (κ2) is 12.9. The van der Waals surface area contributed by atoms with Crippen LogP contribution in [0, 0.1) is 5.41 Å². The first-order valence-electron chi connectivity index (χ1n) is 14.1. The predicted octanol–water partition coefficient (Wildman–Crippen LogP) is 1.24. The van der Waals surface area contributed by atoms with Gasteiger partial charge in [0.1, 0.15) is 12.1 Å².